The fraction of sp³-hybridized carbons (Fsp3) is 0.615. The summed E-state index contributed by atoms with van der Waals surface area (Å²) in [7, 11) is 0. The van der Waals surface area contributed by atoms with E-state index in [1.54, 1.807) is 12.1 Å². The van der Waals surface area contributed by atoms with E-state index in [0.29, 0.717) is 30.0 Å². The number of aliphatic hydroxyl groups excluding tert-OH is 1. The zero-order valence-corrected chi connectivity index (χ0v) is 11.8. The van der Waals surface area contributed by atoms with Crippen LogP contribution in [0.5, 0.6) is 0 Å². The molecule has 1 aromatic rings. The number of aromatic nitrogens is 1. The number of aliphatic hydroxyl groups is 1. The summed E-state index contributed by atoms with van der Waals surface area (Å²) in [5.74, 6) is 0.475. The number of halogens is 1. The molecule has 0 fully saturated rings. The second-order valence-electron chi connectivity index (χ2n) is 4.33. The zero-order valence-electron chi connectivity index (χ0n) is 11.1. The van der Waals surface area contributed by atoms with Gasteiger partial charge in [-0.25, -0.2) is 4.98 Å². The molecule has 0 bridgehead atoms. The van der Waals surface area contributed by atoms with E-state index in [4.69, 9.17) is 22.4 Å². The Morgan fingerprint density at radius 1 is 1.39 bits per heavy atom. The van der Waals surface area contributed by atoms with E-state index in [0.717, 1.165) is 18.5 Å². The van der Waals surface area contributed by atoms with Gasteiger partial charge in [-0.1, -0.05) is 25.4 Å². The highest BCUT2D eigenvalue weighted by Crippen LogP contribution is 2.19. The van der Waals surface area contributed by atoms with Crippen molar-refractivity contribution in [3.63, 3.8) is 0 Å². The monoisotopic (exact) mass is 271 g/mol. The standard InChI is InChI=1S/C13H22ClN3O/c1-3-10(4-2)17(7-8-18)9-12-11(14)5-6-13(15)16-12/h5-6,10,18H,3-4,7-9H2,1-2H3,(H2,15,16). The van der Waals surface area contributed by atoms with Crippen molar-refractivity contribution in [2.75, 3.05) is 18.9 Å². The highest BCUT2D eigenvalue weighted by molar-refractivity contribution is 6.31. The Morgan fingerprint density at radius 2 is 2.06 bits per heavy atom. The first-order valence-electron chi connectivity index (χ1n) is 6.38. The number of hydrogen-bond acceptors (Lipinski definition) is 4. The molecule has 1 heterocycles. The summed E-state index contributed by atoms with van der Waals surface area (Å²) in [4.78, 5) is 6.47. The molecule has 0 aromatic carbocycles. The van der Waals surface area contributed by atoms with Gasteiger partial charge in [-0.2, -0.15) is 0 Å². The average Bonchev–Trinajstić information content (AvgIpc) is 2.35. The van der Waals surface area contributed by atoms with Crippen LogP contribution in [0.15, 0.2) is 12.1 Å². The van der Waals surface area contributed by atoms with Crippen LogP contribution in [0.3, 0.4) is 0 Å². The van der Waals surface area contributed by atoms with E-state index in [9.17, 15) is 0 Å². The molecule has 0 atom stereocenters. The quantitative estimate of drug-likeness (QED) is 0.799. The van der Waals surface area contributed by atoms with Crippen LogP contribution in [0.25, 0.3) is 0 Å². The third kappa shape index (κ3) is 4.12. The fourth-order valence-corrected chi connectivity index (χ4v) is 2.29. The summed E-state index contributed by atoms with van der Waals surface area (Å²) >= 11 is 6.12. The molecule has 5 heteroatoms. The van der Waals surface area contributed by atoms with Gasteiger partial charge < -0.3 is 10.8 Å². The number of nitrogen functional groups attached to an aromatic ring is 1. The van der Waals surface area contributed by atoms with Crippen molar-refractivity contribution in [1.82, 2.24) is 9.88 Å². The largest absolute Gasteiger partial charge is 0.395 e. The number of nitrogens with two attached hydrogens (primary N) is 1. The third-order valence-electron chi connectivity index (χ3n) is 3.14. The van der Waals surface area contributed by atoms with Crippen LogP contribution < -0.4 is 5.73 Å². The van der Waals surface area contributed by atoms with Gasteiger partial charge in [-0.3, -0.25) is 4.90 Å². The van der Waals surface area contributed by atoms with Crippen LogP contribution in [-0.4, -0.2) is 34.2 Å². The molecule has 0 aliphatic rings. The van der Waals surface area contributed by atoms with Crippen molar-refractivity contribution in [2.45, 2.75) is 39.3 Å². The van der Waals surface area contributed by atoms with Gasteiger partial charge in [0.25, 0.3) is 0 Å². The van der Waals surface area contributed by atoms with Crippen molar-refractivity contribution in [1.29, 1.82) is 0 Å². The van der Waals surface area contributed by atoms with Gasteiger partial charge in [-0.05, 0) is 25.0 Å². The van der Waals surface area contributed by atoms with Crippen molar-refractivity contribution < 1.29 is 5.11 Å². The molecule has 0 amide bonds. The van der Waals surface area contributed by atoms with Crippen LogP contribution in [0.1, 0.15) is 32.4 Å². The SMILES string of the molecule is CCC(CC)N(CCO)Cc1nc(N)ccc1Cl. The Kier molecular flexibility index (Phi) is 6.39. The minimum absolute atomic E-state index is 0.135. The van der Waals surface area contributed by atoms with E-state index in [1.165, 1.54) is 0 Å². The molecule has 0 aliphatic carbocycles. The summed E-state index contributed by atoms with van der Waals surface area (Å²) in [5, 5.41) is 9.78. The van der Waals surface area contributed by atoms with Crippen molar-refractivity contribution in [2.24, 2.45) is 0 Å². The van der Waals surface area contributed by atoms with E-state index in [1.807, 2.05) is 0 Å². The number of anilines is 1. The molecule has 0 radical (unpaired) electrons. The van der Waals surface area contributed by atoms with Gasteiger partial charge in [0.15, 0.2) is 0 Å². The van der Waals surface area contributed by atoms with Gasteiger partial charge in [0.1, 0.15) is 5.82 Å². The van der Waals surface area contributed by atoms with Crippen molar-refractivity contribution in [3.05, 3.63) is 22.8 Å². The molecule has 102 valence electrons. The van der Waals surface area contributed by atoms with E-state index in [-0.39, 0.29) is 6.61 Å². The molecule has 1 aromatic heterocycles. The highest BCUT2D eigenvalue weighted by atomic mass is 35.5. The maximum atomic E-state index is 9.16. The van der Waals surface area contributed by atoms with Crippen LogP contribution in [0, 0.1) is 0 Å². The van der Waals surface area contributed by atoms with Crippen LogP contribution in [-0.2, 0) is 6.54 Å². The lowest BCUT2D eigenvalue weighted by atomic mass is 10.1. The predicted molar refractivity (Wildman–Crippen MR) is 75.5 cm³/mol. The first-order chi connectivity index (χ1) is 8.62. The zero-order chi connectivity index (χ0) is 13.5. The molecule has 0 spiro atoms. The van der Waals surface area contributed by atoms with Gasteiger partial charge >= 0.3 is 0 Å². The van der Waals surface area contributed by atoms with Crippen molar-refractivity contribution in [3.8, 4) is 0 Å². The van der Waals surface area contributed by atoms with Gasteiger partial charge in [-0.15, -0.1) is 0 Å². The fourth-order valence-electron chi connectivity index (χ4n) is 2.13. The second-order valence-corrected chi connectivity index (χ2v) is 4.74. The Hall–Kier alpha value is -0.840. The minimum Gasteiger partial charge on any atom is -0.395 e. The lowest BCUT2D eigenvalue weighted by molar-refractivity contribution is 0.135. The molecule has 0 unspecified atom stereocenters. The van der Waals surface area contributed by atoms with Gasteiger partial charge in [0, 0.05) is 19.1 Å². The maximum Gasteiger partial charge on any atom is 0.123 e. The average molecular weight is 272 g/mol. The Balaban J connectivity index is 2.85. The molecule has 4 nitrogen and oxygen atoms in total. The number of rotatable bonds is 7. The summed E-state index contributed by atoms with van der Waals surface area (Å²) in [6, 6.07) is 3.89. The molecular formula is C13H22ClN3O. The summed E-state index contributed by atoms with van der Waals surface area (Å²) in [6.07, 6.45) is 2.08. The summed E-state index contributed by atoms with van der Waals surface area (Å²) < 4.78 is 0. The van der Waals surface area contributed by atoms with Crippen LogP contribution in [0.4, 0.5) is 5.82 Å². The number of pyridine rings is 1. The topological polar surface area (TPSA) is 62.4 Å². The smallest absolute Gasteiger partial charge is 0.123 e. The Bertz CT molecular complexity index is 369. The number of hydrogen-bond donors (Lipinski definition) is 2. The molecule has 0 saturated heterocycles. The maximum absolute atomic E-state index is 9.16. The molecule has 1 rings (SSSR count). The normalized spacial score (nSPS) is 11.4. The summed E-state index contributed by atoms with van der Waals surface area (Å²) in [5.41, 5.74) is 6.46. The minimum atomic E-state index is 0.135. The Labute approximate surface area is 114 Å². The van der Waals surface area contributed by atoms with E-state index >= 15 is 0 Å². The molecule has 18 heavy (non-hydrogen) atoms. The molecule has 3 N–H and O–H groups in total. The third-order valence-corrected chi connectivity index (χ3v) is 3.48. The predicted octanol–water partition coefficient (Wildman–Crippen LogP) is 2.30. The highest BCUT2D eigenvalue weighted by Gasteiger charge is 2.17. The van der Waals surface area contributed by atoms with Crippen LogP contribution in [0.2, 0.25) is 5.02 Å². The van der Waals surface area contributed by atoms with Gasteiger partial charge in [0.2, 0.25) is 0 Å². The lowest BCUT2D eigenvalue weighted by Crippen LogP contribution is -2.36. The second kappa shape index (κ2) is 7.56. The van der Waals surface area contributed by atoms with E-state index < -0.39 is 0 Å². The Morgan fingerprint density at radius 3 is 2.61 bits per heavy atom. The first-order valence-corrected chi connectivity index (χ1v) is 6.75. The van der Waals surface area contributed by atoms with Crippen LogP contribution >= 0.6 is 11.6 Å². The van der Waals surface area contributed by atoms with E-state index in [2.05, 4.69) is 23.7 Å². The molecular weight excluding hydrogens is 250 g/mol. The lowest BCUT2D eigenvalue weighted by Gasteiger charge is -2.29. The summed E-state index contributed by atoms with van der Waals surface area (Å²) in [6.45, 7) is 5.67. The first kappa shape index (κ1) is 15.2. The molecule has 0 aliphatic heterocycles. The van der Waals surface area contributed by atoms with Gasteiger partial charge in [0.05, 0.1) is 17.3 Å². The number of nitrogens with zero attached hydrogens (tertiary/aromatic N) is 2. The van der Waals surface area contributed by atoms with Crippen molar-refractivity contribution >= 4 is 17.4 Å². The molecule has 0 saturated carbocycles.